The van der Waals surface area contributed by atoms with Crippen LogP contribution in [0.25, 0.3) is 0 Å². The molecule has 1 aliphatic rings. The van der Waals surface area contributed by atoms with E-state index in [1.54, 1.807) is 0 Å². The van der Waals surface area contributed by atoms with E-state index >= 15 is 0 Å². The van der Waals surface area contributed by atoms with Crippen molar-refractivity contribution in [1.29, 1.82) is 0 Å². The van der Waals surface area contributed by atoms with Crippen molar-refractivity contribution in [1.82, 2.24) is 0 Å². The van der Waals surface area contributed by atoms with E-state index in [-0.39, 0.29) is 12.1 Å². The third kappa shape index (κ3) is 5.71. The summed E-state index contributed by atoms with van der Waals surface area (Å²) in [6.45, 7) is 2.21. The first kappa shape index (κ1) is 14.0. The number of unbranched alkanes of at least 4 members (excludes halogenated alkanes) is 3. The molecule has 0 aromatic rings. The quantitative estimate of drug-likeness (QED) is 0.484. The minimum absolute atomic E-state index is 0.181. The average molecular weight is 241 g/mol. The molecule has 98 valence electrons. The van der Waals surface area contributed by atoms with E-state index in [1.165, 1.54) is 32.8 Å². The largest absolute Gasteiger partial charge is 0.469 e. The summed E-state index contributed by atoms with van der Waals surface area (Å²) in [6.07, 6.45) is 8.29. The molecule has 0 saturated heterocycles. The molecular weight excluding hydrogens is 218 g/mol. The van der Waals surface area contributed by atoms with E-state index < -0.39 is 0 Å². The van der Waals surface area contributed by atoms with Gasteiger partial charge in [-0.3, -0.25) is 4.79 Å². The summed E-state index contributed by atoms with van der Waals surface area (Å²) in [7, 11) is 1.41. The van der Waals surface area contributed by atoms with Crippen LogP contribution in [0.2, 0.25) is 0 Å². The van der Waals surface area contributed by atoms with Crippen molar-refractivity contribution in [3.63, 3.8) is 0 Å². The summed E-state index contributed by atoms with van der Waals surface area (Å²) < 4.78 is 4.59. The molecule has 0 aliphatic carbocycles. The molecule has 1 heterocycles. The number of hydrogen-bond acceptors (Lipinski definition) is 4. The van der Waals surface area contributed by atoms with Crippen LogP contribution in [0.1, 0.15) is 58.3 Å². The summed E-state index contributed by atoms with van der Waals surface area (Å²) in [6, 6.07) is 0. The van der Waals surface area contributed by atoms with E-state index in [2.05, 4.69) is 16.8 Å². The molecule has 0 bridgehead atoms. The van der Waals surface area contributed by atoms with Crippen LogP contribution in [0.5, 0.6) is 0 Å². The second-order valence-electron chi connectivity index (χ2n) is 4.51. The van der Waals surface area contributed by atoms with E-state index in [1.807, 2.05) is 0 Å². The van der Waals surface area contributed by atoms with Gasteiger partial charge >= 0.3 is 5.97 Å². The van der Waals surface area contributed by atoms with Gasteiger partial charge in [0.2, 0.25) is 0 Å². The number of oxime groups is 1. The Morgan fingerprint density at radius 3 is 3.00 bits per heavy atom. The third-order valence-corrected chi connectivity index (χ3v) is 3.02. The van der Waals surface area contributed by atoms with E-state index in [0.29, 0.717) is 12.8 Å². The maximum absolute atomic E-state index is 11.0. The highest BCUT2D eigenvalue weighted by Gasteiger charge is 2.20. The van der Waals surface area contributed by atoms with E-state index in [0.717, 1.165) is 18.6 Å². The molecule has 0 fully saturated rings. The molecule has 0 amide bonds. The summed E-state index contributed by atoms with van der Waals surface area (Å²) in [4.78, 5) is 16.3. The van der Waals surface area contributed by atoms with Crippen LogP contribution < -0.4 is 0 Å². The van der Waals surface area contributed by atoms with Crippen molar-refractivity contribution in [2.24, 2.45) is 5.16 Å². The van der Waals surface area contributed by atoms with Gasteiger partial charge in [0.25, 0.3) is 0 Å². The Balaban J connectivity index is 2.07. The Morgan fingerprint density at radius 2 is 2.29 bits per heavy atom. The Labute approximate surface area is 103 Å². The molecule has 0 aromatic carbocycles. The molecule has 1 atom stereocenters. The Bertz CT molecular complexity index is 263. The summed E-state index contributed by atoms with van der Waals surface area (Å²) in [5, 5.41) is 4.03. The van der Waals surface area contributed by atoms with Crippen molar-refractivity contribution >= 4 is 11.7 Å². The number of ether oxygens (including phenoxy) is 1. The molecule has 1 rings (SSSR count). The van der Waals surface area contributed by atoms with Gasteiger partial charge in [0.1, 0.15) is 6.10 Å². The van der Waals surface area contributed by atoms with Crippen LogP contribution in [0.15, 0.2) is 5.16 Å². The zero-order valence-corrected chi connectivity index (χ0v) is 10.9. The fourth-order valence-corrected chi connectivity index (χ4v) is 1.94. The molecule has 17 heavy (non-hydrogen) atoms. The molecule has 0 aromatic heterocycles. The van der Waals surface area contributed by atoms with Crippen LogP contribution in [0.4, 0.5) is 0 Å². The maximum Gasteiger partial charge on any atom is 0.305 e. The molecule has 1 unspecified atom stereocenters. The van der Waals surface area contributed by atoms with Gasteiger partial charge in [-0.05, 0) is 19.3 Å². The van der Waals surface area contributed by atoms with Gasteiger partial charge in [-0.25, -0.2) is 0 Å². The fraction of sp³-hybridized carbons (Fsp3) is 0.846. The van der Waals surface area contributed by atoms with Crippen LogP contribution >= 0.6 is 0 Å². The fourth-order valence-electron chi connectivity index (χ4n) is 1.94. The number of methoxy groups -OCH3 is 1. The minimum Gasteiger partial charge on any atom is -0.469 e. The predicted octanol–water partition coefficient (Wildman–Crippen LogP) is 3.05. The zero-order chi connectivity index (χ0) is 12.5. The number of carbonyl (C=O) groups is 1. The summed E-state index contributed by atoms with van der Waals surface area (Å²) in [5.74, 6) is -0.181. The maximum atomic E-state index is 11.0. The standard InChI is InChI=1S/C13H23NO3/c1-3-4-5-6-7-12-10-11(14-17-12)8-9-13(15)16-2/h12H,3-10H2,1-2H3. The first-order valence-corrected chi connectivity index (χ1v) is 6.54. The van der Waals surface area contributed by atoms with Crippen LogP contribution in [0.3, 0.4) is 0 Å². The molecule has 0 radical (unpaired) electrons. The van der Waals surface area contributed by atoms with Gasteiger partial charge in [0.05, 0.1) is 19.2 Å². The van der Waals surface area contributed by atoms with Crippen molar-refractivity contribution < 1.29 is 14.4 Å². The Morgan fingerprint density at radius 1 is 1.47 bits per heavy atom. The number of esters is 1. The topological polar surface area (TPSA) is 47.9 Å². The lowest BCUT2D eigenvalue weighted by Crippen LogP contribution is -2.09. The summed E-state index contributed by atoms with van der Waals surface area (Å²) in [5.41, 5.74) is 0.996. The highest BCUT2D eigenvalue weighted by atomic mass is 16.6. The van der Waals surface area contributed by atoms with Crippen LogP contribution in [-0.2, 0) is 14.4 Å². The Hall–Kier alpha value is -1.06. The molecule has 1 aliphatic heterocycles. The van der Waals surface area contributed by atoms with Crippen molar-refractivity contribution in [2.45, 2.75) is 64.4 Å². The minimum atomic E-state index is -0.181. The smallest absolute Gasteiger partial charge is 0.305 e. The van der Waals surface area contributed by atoms with Gasteiger partial charge in [0.15, 0.2) is 0 Å². The predicted molar refractivity (Wildman–Crippen MR) is 66.9 cm³/mol. The second kappa shape index (κ2) is 8.09. The molecule has 0 spiro atoms. The number of rotatable bonds is 8. The second-order valence-corrected chi connectivity index (χ2v) is 4.51. The normalized spacial score (nSPS) is 18.7. The Kier molecular flexibility index (Phi) is 6.67. The lowest BCUT2D eigenvalue weighted by molar-refractivity contribution is -0.140. The SMILES string of the molecule is CCCCCCC1CC(CCC(=O)OC)=NO1. The number of hydrogen-bond donors (Lipinski definition) is 0. The molecular formula is C13H23NO3. The first-order chi connectivity index (χ1) is 8.26. The number of carbonyl (C=O) groups excluding carboxylic acids is 1. The third-order valence-electron chi connectivity index (χ3n) is 3.02. The van der Waals surface area contributed by atoms with Crippen molar-refractivity contribution in [2.75, 3.05) is 7.11 Å². The lowest BCUT2D eigenvalue weighted by atomic mass is 10.0. The summed E-state index contributed by atoms with van der Waals surface area (Å²) >= 11 is 0. The van der Waals surface area contributed by atoms with E-state index in [4.69, 9.17) is 4.84 Å². The first-order valence-electron chi connectivity index (χ1n) is 6.54. The molecule has 0 saturated carbocycles. The zero-order valence-electron chi connectivity index (χ0n) is 10.9. The molecule has 4 heteroatoms. The van der Waals surface area contributed by atoms with Crippen molar-refractivity contribution in [3.05, 3.63) is 0 Å². The molecule has 0 N–H and O–H groups in total. The van der Waals surface area contributed by atoms with Gasteiger partial charge < -0.3 is 9.57 Å². The molecule has 4 nitrogen and oxygen atoms in total. The van der Waals surface area contributed by atoms with Gasteiger partial charge in [-0.15, -0.1) is 0 Å². The van der Waals surface area contributed by atoms with Crippen molar-refractivity contribution in [3.8, 4) is 0 Å². The average Bonchev–Trinajstić information content (AvgIpc) is 2.79. The van der Waals surface area contributed by atoms with Gasteiger partial charge in [-0.2, -0.15) is 0 Å². The lowest BCUT2D eigenvalue weighted by Gasteiger charge is -2.06. The highest BCUT2D eigenvalue weighted by molar-refractivity contribution is 5.88. The van der Waals surface area contributed by atoms with Crippen LogP contribution in [-0.4, -0.2) is 24.9 Å². The van der Waals surface area contributed by atoms with Gasteiger partial charge in [-0.1, -0.05) is 31.3 Å². The number of nitrogens with zero attached hydrogens (tertiary/aromatic N) is 1. The highest BCUT2D eigenvalue weighted by Crippen LogP contribution is 2.19. The van der Waals surface area contributed by atoms with Crippen LogP contribution in [0, 0.1) is 0 Å². The van der Waals surface area contributed by atoms with E-state index in [9.17, 15) is 4.79 Å². The monoisotopic (exact) mass is 241 g/mol. The van der Waals surface area contributed by atoms with Gasteiger partial charge in [0, 0.05) is 6.42 Å².